The summed E-state index contributed by atoms with van der Waals surface area (Å²) in [6.07, 6.45) is 11.9. The first kappa shape index (κ1) is 36.4. The van der Waals surface area contributed by atoms with Crippen LogP contribution in [0.1, 0.15) is 87.0 Å². The highest BCUT2D eigenvalue weighted by Crippen LogP contribution is 2.15. The van der Waals surface area contributed by atoms with Crippen molar-refractivity contribution in [1.29, 1.82) is 0 Å². The average molecular weight is 573 g/mol. The van der Waals surface area contributed by atoms with Crippen molar-refractivity contribution in [3.8, 4) is 0 Å². The molecule has 38 heavy (non-hydrogen) atoms. The lowest BCUT2D eigenvalue weighted by molar-refractivity contribution is -0.129. The molecule has 0 radical (unpaired) electrons. The Hall–Kier alpha value is -1.65. The number of carbonyl (C=O) groups excluding carboxylic acids is 3. The monoisotopic (exact) mass is 572 g/mol. The molecule has 0 rings (SSSR count). The summed E-state index contributed by atoms with van der Waals surface area (Å²) in [6.45, 7) is 14.1. The third kappa shape index (κ3) is 19.4. The molecule has 0 aromatic carbocycles. The zero-order valence-electron chi connectivity index (χ0n) is 24.8. The molecule has 3 amide bonds. The van der Waals surface area contributed by atoms with E-state index in [1.54, 1.807) is 44.3 Å². The molecule has 0 aliphatic carbocycles. The van der Waals surface area contributed by atoms with Crippen molar-refractivity contribution in [3.63, 3.8) is 0 Å². The Balaban J connectivity index is 4.83. The van der Waals surface area contributed by atoms with Gasteiger partial charge >= 0.3 is 6.09 Å². The van der Waals surface area contributed by atoms with Gasteiger partial charge in [-0.3, -0.25) is 15.0 Å². The standard InChI is InChI=1S/C28H52N4O4S2/c1-20(2)11-9-12-21(3)13-10-14-22(4)15-18-38-19-24(26(34)32-29)30-25(33)23(16-17-37-8)31-27(35)36-28(5,6)7/h13,15,20,23-24H,9-12,14,16-19,29H2,1-8H3,(H,30,33)(H,31,35)(H,32,34)/b21-13+,22-15+/t23-,24+/m1/s1. The Kier molecular flexibility index (Phi) is 19.4. The van der Waals surface area contributed by atoms with Crippen molar-refractivity contribution in [1.82, 2.24) is 16.1 Å². The minimum absolute atomic E-state index is 0.356. The van der Waals surface area contributed by atoms with Crippen molar-refractivity contribution in [3.05, 3.63) is 23.3 Å². The van der Waals surface area contributed by atoms with Crippen molar-refractivity contribution >= 4 is 41.4 Å². The third-order valence-corrected chi connectivity index (χ3v) is 7.23. The fourth-order valence-corrected chi connectivity index (χ4v) is 4.92. The molecule has 0 saturated heterocycles. The molecule has 0 fully saturated rings. The molecule has 10 heteroatoms. The number of hydrogen-bond donors (Lipinski definition) is 4. The topological polar surface area (TPSA) is 123 Å². The van der Waals surface area contributed by atoms with Gasteiger partial charge < -0.3 is 15.4 Å². The molecular formula is C28H52N4O4S2. The summed E-state index contributed by atoms with van der Waals surface area (Å²) in [4.78, 5) is 37.5. The number of alkyl carbamates (subject to hydrolysis) is 1. The maximum Gasteiger partial charge on any atom is 0.408 e. The van der Waals surface area contributed by atoms with Crippen LogP contribution < -0.4 is 21.9 Å². The molecule has 0 unspecified atom stereocenters. The fourth-order valence-electron chi connectivity index (χ4n) is 3.44. The summed E-state index contributed by atoms with van der Waals surface area (Å²) in [5, 5.41) is 5.37. The fraction of sp³-hybridized carbons (Fsp3) is 0.750. The van der Waals surface area contributed by atoms with E-state index in [9.17, 15) is 14.4 Å². The van der Waals surface area contributed by atoms with E-state index in [4.69, 9.17) is 10.6 Å². The first-order chi connectivity index (χ1) is 17.8. The van der Waals surface area contributed by atoms with Crippen LogP contribution in [-0.4, -0.2) is 59.1 Å². The lowest BCUT2D eigenvalue weighted by Gasteiger charge is -2.25. The van der Waals surface area contributed by atoms with Crippen LogP contribution in [0.3, 0.4) is 0 Å². The van der Waals surface area contributed by atoms with Crippen molar-refractivity contribution in [2.24, 2.45) is 11.8 Å². The molecule has 0 aromatic rings. The van der Waals surface area contributed by atoms with Crippen LogP contribution in [0.15, 0.2) is 23.3 Å². The molecule has 0 aliphatic heterocycles. The highest BCUT2D eigenvalue weighted by Gasteiger charge is 2.28. The Labute approximate surface area is 239 Å². The first-order valence-corrected chi connectivity index (χ1v) is 16.0. The van der Waals surface area contributed by atoms with Gasteiger partial charge in [-0.15, -0.1) is 0 Å². The molecule has 2 atom stereocenters. The van der Waals surface area contributed by atoms with Gasteiger partial charge in [-0.2, -0.15) is 23.5 Å². The van der Waals surface area contributed by atoms with Gasteiger partial charge in [0.05, 0.1) is 0 Å². The Morgan fingerprint density at radius 2 is 1.61 bits per heavy atom. The van der Waals surface area contributed by atoms with Crippen LogP contribution >= 0.6 is 23.5 Å². The molecule has 0 bridgehead atoms. The van der Waals surface area contributed by atoms with E-state index in [0.717, 1.165) is 24.5 Å². The summed E-state index contributed by atoms with van der Waals surface area (Å²) in [7, 11) is 0. The van der Waals surface area contributed by atoms with Gasteiger partial charge in [-0.05, 0) is 84.6 Å². The zero-order chi connectivity index (χ0) is 29.1. The average Bonchev–Trinajstić information content (AvgIpc) is 2.81. The lowest BCUT2D eigenvalue weighted by Crippen LogP contribution is -2.56. The van der Waals surface area contributed by atoms with E-state index >= 15 is 0 Å². The van der Waals surface area contributed by atoms with E-state index < -0.39 is 35.6 Å². The molecule has 220 valence electrons. The van der Waals surface area contributed by atoms with Gasteiger partial charge in [0.15, 0.2) is 0 Å². The Morgan fingerprint density at radius 3 is 2.18 bits per heavy atom. The molecule has 0 heterocycles. The van der Waals surface area contributed by atoms with Crippen LogP contribution in [0.4, 0.5) is 4.79 Å². The number of thioether (sulfide) groups is 2. The SMILES string of the molecule is CSCC[C@@H](NC(=O)OC(C)(C)C)C(=O)N[C@@H](CSC/C=C(\C)CC/C=C(\C)CCCC(C)C)C(=O)NN. The van der Waals surface area contributed by atoms with Crippen LogP contribution in [0.2, 0.25) is 0 Å². The summed E-state index contributed by atoms with van der Waals surface area (Å²) in [5.41, 5.74) is 4.20. The second-order valence-corrected chi connectivity index (χ2v) is 13.1. The number of nitrogens with one attached hydrogen (secondary N) is 3. The summed E-state index contributed by atoms with van der Waals surface area (Å²) in [6, 6.07) is -1.64. The number of allylic oxidation sites excluding steroid dienone is 3. The van der Waals surface area contributed by atoms with Gasteiger partial charge in [-0.25, -0.2) is 10.6 Å². The number of hydrogen-bond acceptors (Lipinski definition) is 7. The summed E-state index contributed by atoms with van der Waals surface area (Å²) in [5.74, 6) is 6.93. The van der Waals surface area contributed by atoms with Gasteiger partial charge in [0, 0.05) is 11.5 Å². The van der Waals surface area contributed by atoms with Gasteiger partial charge in [0.2, 0.25) is 5.91 Å². The van der Waals surface area contributed by atoms with Gasteiger partial charge in [-0.1, -0.05) is 43.6 Å². The molecule has 8 nitrogen and oxygen atoms in total. The van der Waals surface area contributed by atoms with Crippen LogP contribution in [0.25, 0.3) is 0 Å². The highest BCUT2D eigenvalue weighted by molar-refractivity contribution is 7.99. The van der Waals surface area contributed by atoms with Crippen LogP contribution in [0, 0.1) is 5.92 Å². The van der Waals surface area contributed by atoms with E-state index in [1.165, 1.54) is 30.4 Å². The normalized spacial score (nSPS) is 14.2. The molecule has 5 N–H and O–H groups in total. The van der Waals surface area contributed by atoms with Crippen molar-refractivity contribution in [2.45, 2.75) is 105 Å². The highest BCUT2D eigenvalue weighted by atomic mass is 32.2. The Bertz CT molecular complexity index is 779. The third-order valence-electron chi connectivity index (χ3n) is 5.61. The molecule has 0 spiro atoms. The van der Waals surface area contributed by atoms with Crippen molar-refractivity contribution in [2.75, 3.05) is 23.5 Å². The van der Waals surface area contributed by atoms with Crippen LogP contribution in [0.5, 0.6) is 0 Å². The first-order valence-electron chi connectivity index (χ1n) is 13.5. The second kappa shape index (κ2) is 20.3. The maximum atomic E-state index is 13.0. The largest absolute Gasteiger partial charge is 0.444 e. The predicted molar refractivity (Wildman–Crippen MR) is 163 cm³/mol. The maximum absolute atomic E-state index is 13.0. The number of amides is 3. The molecule has 0 saturated carbocycles. The molecule has 0 aliphatic rings. The number of nitrogens with two attached hydrogens (primary N) is 1. The minimum Gasteiger partial charge on any atom is -0.444 e. The smallest absolute Gasteiger partial charge is 0.408 e. The zero-order valence-corrected chi connectivity index (χ0v) is 26.4. The van der Waals surface area contributed by atoms with E-state index in [0.29, 0.717) is 17.9 Å². The van der Waals surface area contributed by atoms with Gasteiger partial charge in [0.1, 0.15) is 17.7 Å². The minimum atomic E-state index is -0.820. The predicted octanol–water partition coefficient (Wildman–Crippen LogP) is 5.34. The van der Waals surface area contributed by atoms with Gasteiger partial charge in [0.25, 0.3) is 5.91 Å². The van der Waals surface area contributed by atoms with E-state index in [2.05, 4.69) is 55.9 Å². The number of hydrazine groups is 1. The van der Waals surface area contributed by atoms with E-state index in [1.807, 2.05) is 6.26 Å². The summed E-state index contributed by atoms with van der Waals surface area (Å²) >= 11 is 3.10. The van der Waals surface area contributed by atoms with Crippen LogP contribution in [-0.2, 0) is 14.3 Å². The molecule has 0 aromatic heterocycles. The second-order valence-electron chi connectivity index (χ2n) is 11.0. The Morgan fingerprint density at radius 1 is 0.947 bits per heavy atom. The van der Waals surface area contributed by atoms with Crippen molar-refractivity contribution < 1.29 is 19.1 Å². The number of carbonyl (C=O) groups is 3. The number of ether oxygens (including phenoxy) is 1. The quantitative estimate of drug-likeness (QED) is 0.0575. The summed E-state index contributed by atoms with van der Waals surface area (Å²) < 4.78 is 5.29. The number of rotatable bonds is 18. The molecular weight excluding hydrogens is 520 g/mol. The van der Waals surface area contributed by atoms with E-state index in [-0.39, 0.29) is 0 Å². The lowest BCUT2D eigenvalue weighted by atomic mass is 10.0.